The van der Waals surface area contributed by atoms with Gasteiger partial charge in [0.1, 0.15) is 0 Å². The van der Waals surface area contributed by atoms with Crippen molar-refractivity contribution >= 4 is 12.2 Å². The van der Waals surface area contributed by atoms with Gasteiger partial charge in [0.2, 0.25) is 0 Å². The highest BCUT2D eigenvalue weighted by atomic mass is 14.1. The van der Waals surface area contributed by atoms with Gasteiger partial charge < -0.3 is 0 Å². The van der Waals surface area contributed by atoms with Crippen molar-refractivity contribution in [1.29, 1.82) is 0 Å². The van der Waals surface area contributed by atoms with Crippen LogP contribution >= 0.6 is 0 Å². The molecule has 0 bridgehead atoms. The smallest absolute Gasteiger partial charge is 0.0153 e. The fourth-order valence-electron chi connectivity index (χ4n) is 1.93. The zero-order valence-electron chi connectivity index (χ0n) is 11.3. The summed E-state index contributed by atoms with van der Waals surface area (Å²) >= 11 is 0. The highest BCUT2D eigenvalue weighted by Crippen LogP contribution is 2.27. The standard InChI is InChI=1S/C14H18.C2H6/c1-6-12-9-8-11(5)14(10(3)4)13(12)7-2;1-2/h6-10H,1-2H2,3-5H3;1-2H3. The van der Waals surface area contributed by atoms with Crippen LogP contribution in [0.4, 0.5) is 0 Å². The van der Waals surface area contributed by atoms with Crippen molar-refractivity contribution in [2.24, 2.45) is 0 Å². The first-order valence-corrected chi connectivity index (χ1v) is 6.00. The minimum atomic E-state index is 0.530. The summed E-state index contributed by atoms with van der Waals surface area (Å²) < 4.78 is 0. The normalized spacial score (nSPS) is 9.38. The Morgan fingerprint density at radius 3 is 2.00 bits per heavy atom. The van der Waals surface area contributed by atoms with Gasteiger partial charge in [-0.3, -0.25) is 0 Å². The third-order valence-corrected chi connectivity index (χ3v) is 2.54. The van der Waals surface area contributed by atoms with Crippen LogP contribution in [0.25, 0.3) is 12.2 Å². The number of rotatable bonds is 3. The molecule has 1 rings (SSSR count). The summed E-state index contributed by atoms with van der Waals surface area (Å²) in [7, 11) is 0. The SMILES string of the molecule is C=Cc1ccc(C)c(C(C)C)c1C=C.CC. The summed E-state index contributed by atoms with van der Waals surface area (Å²) in [6.45, 7) is 18.3. The molecule has 88 valence electrons. The average molecular weight is 216 g/mol. The average Bonchev–Trinajstić information content (AvgIpc) is 2.30. The Kier molecular flexibility index (Phi) is 6.48. The minimum Gasteiger partial charge on any atom is -0.0984 e. The fraction of sp³-hybridized carbons (Fsp3) is 0.375. The maximum absolute atomic E-state index is 3.88. The molecule has 0 N–H and O–H groups in total. The fourth-order valence-corrected chi connectivity index (χ4v) is 1.93. The van der Waals surface area contributed by atoms with Crippen LogP contribution in [0, 0.1) is 6.92 Å². The summed E-state index contributed by atoms with van der Waals surface area (Å²) in [6.07, 6.45) is 3.82. The van der Waals surface area contributed by atoms with Gasteiger partial charge in [0, 0.05) is 0 Å². The van der Waals surface area contributed by atoms with Crippen molar-refractivity contribution in [3.63, 3.8) is 0 Å². The van der Waals surface area contributed by atoms with Crippen molar-refractivity contribution in [2.45, 2.75) is 40.5 Å². The van der Waals surface area contributed by atoms with Gasteiger partial charge in [-0.05, 0) is 35.1 Å². The topological polar surface area (TPSA) is 0 Å². The van der Waals surface area contributed by atoms with Gasteiger partial charge in [-0.25, -0.2) is 0 Å². The lowest BCUT2D eigenvalue weighted by atomic mass is 9.89. The second kappa shape index (κ2) is 7.05. The molecule has 0 saturated heterocycles. The maximum atomic E-state index is 3.88. The number of hydrogen-bond donors (Lipinski definition) is 0. The molecule has 16 heavy (non-hydrogen) atoms. The molecule has 1 aromatic carbocycles. The molecule has 0 radical (unpaired) electrons. The van der Waals surface area contributed by atoms with Crippen LogP contribution in [-0.4, -0.2) is 0 Å². The second-order valence-electron chi connectivity index (χ2n) is 3.86. The predicted octanol–water partition coefficient (Wildman–Crippen LogP) is 5.43. The quantitative estimate of drug-likeness (QED) is 0.632. The lowest BCUT2D eigenvalue weighted by Gasteiger charge is -2.15. The van der Waals surface area contributed by atoms with Crippen molar-refractivity contribution in [3.05, 3.63) is 47.5 Å². The molecule has 0 aliphatic carbocycles. The summed E-state index contributed by atoms with van der Waals surface area (Å²) in [4.78, 5) is 0. The van der Waals surface area contributed by atoms with E-state index in [4.69, 9.17) is 0 Å². The van der Waals surface area contributed by atoms with Gasteiger partial charge in [0.15, 0.2) is 0 Å². The predicted molar refractivity (Wildman–Crippen MR) is 76.8 cm³/mol. The summed E-state index contributed by atoms with van der Waals surface area (Å²) in [6, 6.07) is 4.25. The van der Waals surface area contributed by atoms with E-state index in [9.17, 15) is 0 Å². The second-order valence-corrected chi connectivity index (χ2v) is 3.86. The van der Waals surface area contributed by atoms with E-state index in [2.05, 4.69) is 46.1 Å². The van der Waals surface area contributed by atoms with Crippen molar-refractivity contribution in [1.82, 2.24) is 0 Å². The van der Waals surface area contributed by atoms with Gasteiger partial charge in [0.25, 0.3) is 0 Å². The third-order valence-electron chi connectivity index (χ3n) is 2.54. The van der Waals surface area contributed by atoms with Gasteiger partial charge in [-0.2, -0.15) is 0 Å². The molecule has 0 unspecified atom stereocenters. The lowest BCUT2D eigenvalue weighted by molar-refractivity contribution is 0.853. The summed E-state index contributed by atoms with van der Waals surface area (Å²) in [5.74, 6) is 0.530. The first kappa shape index (κ1) is 14.7. The molecular formula is C16H24. The van der Waals surface area contributed by atoms with E-state index in [0.29, 0.717) is 5.92 Å². The highest BCUT2D eigenvalue weighted by molar-refractivity contribution is 5.68. The maximum Gasteiger partial charge on any atom is -0.0153 e. The molecule has 0 heteroatoms. The zero-order valence-corrected chi connectivity index (χ0v) is 11.3. The van der Waals surface area contributed by atoms with Gasteiger partial charge in [-0.1, -0.05) is 65.1 Å². The van der Waals surface area contributed by atoms with E-state index < -0.39 is 0 Å². The first-order valence-electron chi connectivity index (χ1n) is 6.00. The van der Waals surface area contributed by atoms with E-state index in [1.165, 1.54) is 22.3 Å². The van der Waals surface area contributed by atoms with Crippen LogP contribution in [0.3, 0.4) is 0 Å². The largest absolute Gasteiger partial charge is 0.0984 e. The van der Waals surface area contributed by atoms with Crippen LogP contribution in [0.15, 0.2) is 25.3 Å². The van der Waals surface area contributed by atoms with E-state index in [1.807, 2.05) is 26.0 Å². The van der Waals surface area contributed by atoms with E-state index in [0.717, 1.165) is 0 Å². The van der Waals surface area contributed by atoms with E-state index >= 15 is 0 Å². The van der Waals surface area contributed by atoms with Crippen molar-refractivity contribution in [2.75, 3.05) is 0 Å². The molecule has 0 saturated carbocycles. The first-order chi connectivity index (χ1) is 7.61. The van der Waals surface area contributed by atoms with Gasteiger partial charge >= 0.3 is 0 Å². The molecule has 0 aliphatic heterocycles. The molecule has 0 spiro atoms. The number of hydrogen-bond acceptors (Lipinski definition) is 0. The van der Waals surface area contributed by atoms with Gasteiger partial charge in [-0.15, -0.1) is 0 Å². The van der Waals surface area contributed by atoms with Crippen LogP contribution in [0.5, 0.6) is 0 Å². The molecule has 0 fully saturated rings. The van der Waals surface area contributed by atoms with Crippen molar-refractivity contribution in [3.8, 4) is 0 Å². The van der Waals surface area contributed by atoms with Crippen molar-refractivity contribution < 1.29 is 0 Å². The Morgan fingerprint density at radius 2 is 1.62 bits per heavy atom. The molecular weight excluding hydrogens is 192 g/mol. The van der Waals surface area contributed by atoms with Crippen LogP contribution in [-0.2, 0) is 0 Å². The van der Waals surface area contributed by atoms with Crippen LogP contribution < -0.4 is 0 Å². The lowest BCUT2D eigenvalue weighted by Crippen LogP contribution is -1.98. The Balaban J connectivity index is 0.00000106. The summed E-state index contributed by atoms with van der Waals surface area (Å²) in [5.41, 5.74) is 5.13. The monoisotopic (exact) mass is 216 g/mol. The van der Waals surface area contributed by atoms with Crippen LogP contribution in [0.2, 0.25) is 0 Å². The minimum absolute atomic E-state index is 0.530. The van der Waals surface area contributed by atoms with Gasteiger partial charge in [0.05, 0.1) is 0 Å². The molecule has 0 heterocycles. The zero-order chi connectivity index (χ0) is 12.7. The number of benzene rings is 1. The van der Waals surface area contributed by atoms with E-state index in [1.54, 1.807) is 0 Å². The third kappa shape index (κ3) is 3.10. The molecule has 0 amide bonds. The highest BCUT2D eigenvalue weighted by Gasteiger charge is 2.09. The Labute approximate surface area is 101 Å². The molecule has 0 nitrogen and oxygen atoms in total. The van der Waals surface area contributed by atoms with Crippen LogP contribution in [0.1, 0.15) is 55.9 Å². The molecule has 0 aromatic heterocycles. The molecule has 1 aromatic rings. The Morgan fingerprint density at radius 1 is 1.06 bits per heavy atom. The number of aryl methyl sites for hydroxylation is 1. The molecule has 0 aliphatic rings. The molecule has 0 atom stereocenters. The Hall–Kier alpha value is -1.30. The Bertz CT molecular complexity index is 357. The van der Waals surface area contributed by atoms with E-state index in [-0.39, 0.29) is 0 Å². The summed E-state index contributed by atoms with van der Waals surface area (Å²) in [5, 5.41) is 0.